The number of aromatic nitrogens is 1. The van der Waals surface area contributed by atoms with Gasteiger partial charge in [0.15, 0.2) is 0 Å². The molecule has 0 aromatic carbocycles. The minimum absolute atomic E-state index is 0.812. The second-order valence-corrected chi connectivity index (χ2v) is 2.45. The normalized spacial score (nSPS) is 10.1. The van der Waals surface area contributed by atoms with Gasteiger partial charge in [-0.3, -0.25) is 0 Å². The second-order valence-electron chi connectivity index (χ2n) is 2.06. The highest BCUT2D eigenvalue weighted by molar-refractivity contribution is 6.29. The Morgan fingerprint density at radius 2 is 2.22 bits per heavy atom. The lowest BCUT2D eigenvalue weighted by Crippen LogP contribution is -1.92. The van der Waals surface area contributed by atoms with Gasteiger partial charge in [0.1, 0.15) is 5.15 Å². The third kappa shape index (κ3) is 1.11. The molecule has 0 aliphatic carbocycles. The summed E-state index contributed by atoms with van der Waals surface area (Å²) in [5, 5.41) is 0.812. The molecule has 0 aliphatic rings. The fourth-order valence-electron chi connectivity index (χ4n) is 0.881. The molecule has 0 radical (unpaired) electrons. The van der Waals surface area contributed by atoms with E-state index < -0.39 is 0 Å². The minimum Gasteiger partial charge on any atom is -0.339 e. The summed E-state index contributed by atoms with van der Waals surface area (Å²) >= 11 is 5.77. The van der Waals surface area contributed by atoms with Crippen LogP contribution >= 0.6 is 11.6 Å². The molecule has 0 atom stereocenters. The number of hydrogen-bond acceptors (Lipinski definition) is 0. The molecule has 1 nitrogen and oxygen atoms in total. The Morgan fingerprint density at radius 1 is 1.56 bits per heavy atom. The first kappa shape index (κ1) is 6.69. The van der Waals surface area contributed by atoms with E-state index in [1.165, 1.54) is 5.69 Å². The van der Waals surface area contributed by atoms with Gasteiger partial charge >= 0.3 is 0 Å². The summed E-state index contributed by atoms with van der Waals surface area (Å²) in [6.07, 6.45) is 1.04. The predicted molar refractivity (Wildman–Crippen MR) is 39.8 cm³/mol. The number of nitrogens with zero attached hydrogens (tertiary/aromatic N) is 1. The monoisotopic (exact) mass is 143 g/mol. The molecule has 1 aromatic rings. The Kier molecular flexibility index (Phi) is 1.81. The molecule has 0 bridgehead atoms. The third-order valence-corrected chi connectivity index (χ3v) is 1.91. The zero-order valence-electron chi connectivity index (χ0n) is 5.69. The average Bonchev–Trinajstić information content (AvgIpc) is 2.15. The first-order valence-electron chi connectivity index (χ1n) is 3.05. The molecular formula is C7H10ClN. The molecule has 0 N–H and O–H groups in total. The van der Waals surface area contributed by atoms with E-state index in [2.05, 4.69) is 6.92 Å². The Balaban J connectivity index is 3.04. The summed E-state index contributed by atoms with van der Waals surface area (Å²) in [5.41, 5.74) is 1.28. The van der Waals surface area contributed by atoms with E-state index in [1.807, 2.05) is 23.7 Å². The van der Waals surface area contributed by atoms with Crippen molar-refractivity contribution in [2.45, 2.75) is 13.3 Å². The van der Waals surface area contributed by atoms with Gasteiger partial charge in [0, 0.05) is 12.7 Å². The zero-order valence-corrected chi connectivity index (χ0v) is 6.44. The van der Waals surface area contributed by atoms with Crippen LogP contribution < -0.4 is 0 Å². The summed E-state index contributed by atoms with van der Waals surface area (Å²) in [7, 11) is 1.97. The first-order valence-corrected chi connectivity index (χ1v) is 3.43. The van der Waals surface area contributed by atoms with Crippen molar-refractivity contribution >= 4 is 11.6 Å². The van der Waals surface area contributed by atoms with E-state index in [1.54, 1.807) is 0 Å². The van der Waals surface area contributed by atoms with Crippen molar-refractivity contribution in [1.82, 2.24) is 4.57 Å². The van der Waals surface area contributed by atoms with Crippen LogP contribution in [0.25, 0.3) is 0 Å². The smallest absolute Gasteiger partial charge is 0.108 e. The fourth-order valence-corrected chi connectivity index (χ4v) is 1.05. The van der Waals surface area contributed by atoms with Gasteiger partial charge in [0.25, 0.3) is 0 Å². The summed E-state index contributed by atoms with van der Waals surface area (Å²) in [5.74, 6) is 0. The summed E-state index contributed by atoms with van der Waals surface area (Å²) in [6.45, 7) is 2.12. The van der Waals surface area contributed by atoms with Crippen LogP contribution in [0.15, 0.2) is 12.1 Å². The van der Waals surface area contributed by atoms with Crippen LogP contribution in [0.2, 0.25) is 5.15 Å². The molecule has 1 aromatic heterocycles. The summed E-state index contributed by atoms with van der Waals surface area (Å²) in [6, 6.07) is 3.96. The molecule has 0 unspecified atom stereocenters. The van der Waals surface area contributed by atoms with Crippen molar-refractivity contribution in [1.29, 1.82) is 0 Å². The quantitative estimate of drug-likeness (QED) is 0.568. The molecule has 2 heteroatoms. The number of rotatable bonds is 1. The van der Waals surface area contributed by atoms with Gasteiger partial charge in [-0.05, 0) is 18.6 Å². The van der Waals surface area contributed by atoms with Crippen molar-refractivity contribution in [3.05, 3.63) is 23.0 Å². The van der Waals surface area contributed by atoms with Gasteiger partial charge in [0.05, 0.1) is 0 Å². The van der Waals surface area contributed by atoms with Crippen molar-refractivity contribution in [2.24, 2.45) is 7.05 Å². The molecule has 0 saturated heterocycles. The lowest BCUT2D eigenvalue weighted by atomic mass is 10.3. The topological polar surface area (TPSA) is 4.93 Å². The lowest BCUT2D eigenvalue weighted by molar-refractivity contribution is 0.838. The van der Waals surface area contributed by atoms with Crippen molar-refractivity contribution in [2.75, 3.05) is 0 Å². The Bertz CT molecular complexity index is 203. The molecule has 1 rings (SSSR count). The highest BCUT2D eigenvalue weighted by atomic mass is 35.5. The Labute approximate surface area is 60.2 Å². The van der Waals surface area contributed by atoms with E-state index in [0.29, 0.717) is 0 Å². The highest BCUT2D eigenvalue weighted by Gasteiger charge is 1.97. The van der Waals surface area contributed by atoms with E-state index >= 15 is 0 Å². The van der Waals surface area contributed by atoms with Crippen molar-refractivity contribution in [3.63, 3.8) is 0 Å². The molecule has 0 spiro atoms. The van der Waals surface area contributed by atoms with Crippen LogP contribution in [-0.4, -0.2) is 4.57 Å². The van der Waals surface area contributed by atoms with Crippen LogP contribution in [0.1, 0.15) is 12.6 Å². The largest absolute Gasteiger partial charge is 0.339 e. The number of hydrogen-bond donors (Lipinski definition) is 0. The van der Waals surface area contributed by atoms with E-state index in [-0.39, 0.29) is 0 Å². The molecule has 50 valence electrons. The first-order chi connectivity index (χ1) is 4.25. The Morgan fingerprint density at radius 3 is 2.44 bits per heavy atom. The summed E-state index contributed by atoms with van der Waals surface area (Å²) in [4.78, 5) is 0. The van der Waals surface area contributed by atoms with E-state index in [4.69, 9.17) is 11.6 Å². The Hall–Kier alpha value is -0.430. The predicted octanol–water partition coefficient (Wildman–Crippen LogP) is 2.24. The molecular weight excluding hydrogens is 134 g/mol. The lowest BCUT2D eigenvalue weighted by Gasteiger charge is -1.98. The average molecular weight is 144 g/mol. The zero-order chi connectivity index (χ0) is 6.85. The van der Waals surface area contributed by atoms with Gasteiger partial charge in [-0.25, -0.2) is 0 Å². The SMILES string of the molecule is CCc1ccc(Cl)n1C. The van der Waals surface area contributed by atoms with Crippen LogP contribution in [0.5, 0.6) is 0 Å². The molecule has 0 fully saturated rings. The van der Waals surface area contributed by atoms with Crippen LogP contribution in [-0.2, 0) is 13.5 Å². The number of aryl methyl sites for hydroxylation is 1. The maximum Gasteiger partial charge on any atom is 0.108 e. The molecule has 0 aliphatic heterocycles. The molecule has 0 amide bonds. The summed E-state index contributed by atoms with van der Waals surface area (Å²) < 4.78 is 1.99. The molecule has 1 heterocycles. The fraction of sp³-hybridized carbons (Fsp3) is 0.429. The molecule has 0 saturated carbocycles. The van der Waals surface area contributed by atoms with Gasteiger partial charge in [-0.2, -0.15) is 0 Å². The van der Waals surface area contributed by atoms with Crippen LogP contribution in [0.4, 0.5) is 0 Å². The van der Waals surface area contributed by atoms with Crippen molar-refractivity contribution in [3.8, 4) is 0 Å². The maximum atomic E-state index is 5.77. The number of halogens is 1. The second kappa shape index (κ2) is 2.44. The maximum absolute atomic E-state index is 5.77. The van der Waals surface area contributed by atoms with E-state index in [9.17, 15) is 0 Å². The van der Waals surface area contributed by atoms with Crippen LogP contribution in [0.3, 0.4) is 0 Å². The van der Waals surface area contributed by atoms with Crippen LogP contribution in [0, 0.1) is 0 Å². The molecule has 9 heavy (non-hydrogen) atoms. The minimum atomic E-state index is 0.812. The standard InChI is InChI=1S/C7H10ClN/c1-3-6-4-5-7(8)9(6)2/h4-5H,3H2,1-2H3. The van der Waals surface area contributed by atoms with E-state index in [0.717, 1.165) is 11.6 Å². The third-order valence-electron chi connectivity index (χ3n) is 1.53. The van der Waals surface area contributed by atoms with Gasteiger partial charge in [-0.15, -0.1) is 0 Å². The van der Waals surface area contributed by atoms with Crippen molar-refractivity contribution < 1.29 is 0 Å². The van der Waals surface area contributed by atoms with Gasteiger partial charge < -0.3 is 4.57 Å². The van der Waals surface area contributed by atoms with Gasteiger partial charge in [-0.1, -0.05) is 18.5 Å². The highest BCUT2D eigenvalue weighted by Crippen LogP contribution is 2.12. The van der Waals surface area contributed by atoms with Gasteiger partial charge in [0.2, 0.25) is 0 Å².